The maximum atomic E-state index is 5.01. The molecule has 1 aromatic rings. The van der Waals surface area contributed by atoms with E-state index in [9.17, 15) is 0 Å². The first-order valence-electron chi connectivity index (χ1n) is 5.36. The van der Waals surface area contributed by atoms with Crippen LogP contribution in [0.4, 0.5) is 0 Å². The highest BCUT2D eigenvalue weighted by Gasteiger charge is 2.13. The van der Waals surface area contributed by atoms with E-state index in [0.717, 1.165) is 29.4 Å². The molecule has 0 radical (unpaired) electrons. The van der Waals surface area contributed by atoms with E-state index in [1.807, 2.05) is 0 Å². The van der Waals surface area contributed by atoms with Crippen molar-refractivity contribution in [2.45, 2.75) is 32.7 Å². The van der Waals surface area contributed by atoms with Crippen molar-refractivity contribution in [1.82, 2.24) is 15.5 Å². The van der Waals surface area contributed by atoms with Gasteiger partial charge in [-0.1, -0.05) is 25.2 Å². The number of aromatic nitrogens is 2. The number of hydrogen-bond acceptors (Lipinski definition) is 5. The van der Waals surface area contributed by atoms with Crippen LogP contribution in [0.3, 0.4) is 0 Å². The molecular formula is C10H19N3OS. The fourth-order valence-corrected chi connectivity index (χ4v) is 2.33. The van der Waals surface area contributed by atoms with E-state index in [-0.39, 0.29) is 0 Å². The fraction of sp³-hybridized carbons (Fsp3) is 0.800. The van der Waals surface area contributed by atoms with Crippen LogP contribution < -0.4 is 5.32 Å². The second kappa shape index (κ2) is 6.87. The zero-order valence-corrected chi connectivity index (χ0v) is 10.4. The molecule has 5 heteroatoms. The van der Waals surface area contributed by atoms with Gasteiger partial charge in [-0.15, -0.1) is 10.2 Å². The number of rotatable bonds is 7. The summed E-state index contributed by atoms with van der Waals surface area (Å²) in [6.07, 6.45) is 1.91. The molecule has 1 unspecified atom stereocenters. The molecule has 1 aromatic heterocycles. The molecule has 1 atom stereocenters. The first-order chi connectivity index (χ1) is 7.31. The van der Waals surface area contributed by atoms with Crippen molar-refractivity contribution >= 4 is 11.3 Å². The van der Waals surface area contributed by atoms with Crippen molar-refractivity contribution in [3.8, 4) is 0 Å². The zero-order valence-electron chi connectivity index (χ0n) is 9.62. The van der Waals surface area contributed by atoms with Crippen LogP contribution in [-0.4, -0.2) is 30.5 Å². The van der Waals surface area contributed by atoms with Crippen LogP contribution in [0.1, 0.15) is 36.3 Å². The molecular weight excluding hydrogens is 210 g/mol. The Hall–Kier alpha value is -0.520. The van der Waals surface area contributed by atoms with E-state index in [2.05, 4.69) is 29.4 Å². The molecule has 0 aliphatic carbocycles. The van der Waals surface area contributed by atoms with Crippen LogP contribution in [0, 0.1) is 0 Å². The van der Waals surface area contributed by atoms with E-state index >= 15 is 0 Å². The average molecular weight is 229 g/mol. The molecule has 0 spiro atoms. The lowest BCUT2D eigenvalue weighted by atomic mass is 10.2. The van der Waals surface area contributed by atoms with Gasteiger partial charge >= 0.3 is 0 Å². The number of nitrogens with one attached hydrogen (secondary N) is 1. The molecule has 0 bridgehead atoms. The predicted molar refractivity (Wildman–Crippen MR) is 62.2 cm³/mol. The largest absolute Gasteiger partial charge is 0.384 e. The van der Waals surface area contributed by atoms with Crippen molar-refractivity contribution in [3.63, 3.8) is 0 Å². The minimum Gasteiger partial charge on any atom is -0.384 e. The van der Waals surface area contributed by atoms with Gasteiger partial charge in [0.25, 0.3) is 0 Å². The molecule has 15 heavy (non-hydrogen) atoms. The quantitative estimate of drug-likeness (QED) is 0.774. The highest BCUT2D eigenvalue weighted by Crippen LogP contribution is 2.20. The molecule has 4 nitrogen and oxygen atoms in total. The Morgan fingerprint density at radius 1 is 1.40 bits per heavy atom. The van der Waals surface area contributed by atoms with Gasteiger partial charge in [-0.25, -0.2) is 0 Å². The molecule has 1 N–H and O–H groups in total. The van der Waals surface area contributed by atoms with Crippen LogP contribution in [0.5, 0.6) is 0 Å². The number of hydrogen-bond donors (Lipinski definition) is 1. The van der Waals surface area contributed by atoms with Crippen LogP contribution in [0.2, 0.25) is 0 Å². The van der Waals surface area contributed by atoms with Gasteiger partial charge < -0.3 is 10.1 Å². The maximum absolute atomic E-state index is 5.01. The van der Waals surface area contributed by atoms with Gasteiger partial charge in [-0.05, 0) is 13.0 Å². The minimum atomic E-state index is 0.351. The summed E-state index contributed by atoms with van der Waals surface area (Å²) in [6, 6.07) is 0.351. The van der Waals surface area contributed by atoms with Gasteiger partial charge in [0, 0.05) is 13.5 Å². The first kappa shape index (κ1) is 12.5. The highest BCUT2D eigenvalue weighted by molar-refractivity contribution is 7.11. The van der Waals surface area contributed by atoms with Crippen molar-refractivity contribution in [3.05, 3.63) is 10.0 Å². The molecule has 0 saturated carbocycles. The van der Waals surface area contributed by atoms with Crippen molar-refractivity contribution in [2.24, 2.45) is 0 Å². The van der Waals surface area contributed by atoms with E-state index in [1.165, 1.54) is 0 Å². The SMILES string of the molecule is CCNC(CC)c1nnc(CCOC)s1. The van der Waals surface area contributed by atoms with Gasteiger partial charge in [0.05, 0.1) is 12.6 Å². The summed E-state index contributed by atoms with van der Waals surface area (Å²) in [6.45, 7) is 5.94. The summed E-state index contributed by atoms with van der Waals surface area (Å²) >= 11 is 1.68. The van der Waals surface area contributed by atoms with Gasteiger partial charge in [0.1, 0.15) is 10.0 Å². The Balaban J connectivity index is 2.56. The van der Waals surface area contributed by atoms with E-state index in [0.29, 0.717) is 12.6 Å². The summed E-state index contributed by atoms with van der Waals surface area (Å²) in [5.74, 6) is 0. The smallest absolute Gasteiger partial charge is 0.134 e. The Labute approximate surface area is 95.1 Å². The van der Waals surface area contributed by atoms with Crippen molar-refractivity contribution in [2.75, 3.05) is 20.3 Å². The van der Waals surface area contributed by atoms with Crippen molar-refractivity contribution in [1.29, 1.82) is 0 Å². The fourth-order valence-electron chi connectivity index (χ4n) is 1.35. The lowest BCUT2D eigenvalue weighted by molar-refractivity contribution is 0.202. The molecule has 0 aromatic carbocycles. The first-order valence-corrected chi connectivity index (χ1v) is 6.18. The van der Waals surface area contributed by atoms with Gasteiger partial charge in [0.2, 0.25) is 0 Å². The molecule has 0 aliphatic rings. The molecule has 1 rings (SSSR count). The highest BCUT2D eigenvalue weighted by atomic mass is 32.1. The molecule has 0 aliphatic heterocycles. The van der Waals surface area contributed by atoms with Crippen molar-refractivity contribution < 1.29 is 4.74 Å². The third-order valence-electron chi connectivity index (χ3n) is 2.16. The summed E-state index contributed by atoms with van der Waals surface area (Å²) in [5.41, 5.74) is 0. The van der Waals surface area contributed by atoms with E-state index in [1.54, 1.807) is 18.4 Å². The topological polar surface area (TPSA) is 47.0 Å². The average Bonchev–Trinajstić information content (AvgIpc) is 2.71. The molecule has 1 heterocycles. The number of nitrogens with zero attached hydrogens (tertiary/aromatic N) is 2. The van der Waals surface area contributed by atoms with Gasteiger partial charge in [0.15, 0.2) is 0 Å². The molecule has 0 amide bonds. The summed E-state index contributed by atoms with van der Waals surface area (Å²) in [4.78, 5) is 0. The minimum absolute atomic E-state index is 0.351. The molecule has 86 valence electrons. The van der Waals surface area contributed by atoms with Crippen LogP contribution >= 0.6 is 11.3 Å². The second-order valence-electron chi connectivity index (χ2n) is 3.30. The summed E-state index contributed by atoms with van der Waals surface area (Å²) in [7, 11) is 1.70. The Morgan fingerprint density at radius 2 is 2.20 bits per heavy atom. The Kier molecular flexibility index (Phi) is 5.75. The van der Waals surface area contributed by atoms with Gasteiger partial charge in [-0.3, -0.25) is 0 Å². The van der Waals surface area contributed by atoms with Crippen LogP contribution in [0.15, 0.2) is 0 Å². The summed E-state index contributed by atoms with van der Waals surface area (Å²) < 4.78 is 5.01. The zero-order chi connectivity index (χ0) is 11.1. The van der Waals surface area contributed by atoms with Crippen LogP contribution in [0.25, 0.3) is 0 Å². The second-order valence-corrected chi connectivity index (χ2v) is 4.39. The third kappa shape index (κ3) is 3.85. The molecule has 0 fully saturated rings. The lowest BCUT2D eigenvalue weighted by Crippen LogP contribution is -2.19. The Morgan fingerprint density at radius 3 is 2.80 bits per heavy atom. The predicted octanol–water partition coefficient (Wildman–Crippen LogP) is 1.79. The van der Waals surface area contributed by atoms with Crippen LogP contribution in [-0.2, 0) is 11.2 Å². The number of methoxy groups -OCH3 is 1. The Bertz CT molecular complexity index is 277. The standard InChI is InChI=1S/C10H19N3OS/c1-4-8(11-5-2)10-13-12-9(15-10)6-7-14-3/h8,11H,4-7H2,1-3H3. The van der Waals surface area contributed by atoms with E-state index < -0.39 is 0 Å². The maximum Gasteiger partial charge on any atom is 0.134 e. The van der Waals surface area contributed by atoms with Gasteiger partial charge in [-0.2, -0.15) is 0 Å². The monoisotopic (exact) mass is 229 g/mol. The van der Waals surface area contributed by atoms with E-state index in [4.69, 9.17) is 4.74 Å². The normalized spacial score (nSPS) is 13.0. The summed E-state index contributed by atoms with van der Waals surface area (Å²) in [5, 5.41) is 13.9. The lowest BCUT2D eigenvalue weighted by Gasteiger charge is -2.10. The molecule has 0 saturated heterocycles. The number of ether oxygens (including phenoxy) is 1. The third-order valence-corrected chi connectivity index (χ3v) is 3.26.